The van der Waals surface area contributed by atoms with Crippen LogP contribution in [0.3, 0.4) is 0 Å². The van der Waals surface area contributed by atoms with Gasteiger partial charge in [-0.1, -0.05) is 63.8 Å². The summed E-state index contributed by atoms with van der Waals surface area (Å²) in [6, 6.07) is 0. The molecule has 0 spiro atoms. The second kappa shape index (κ2) is 14.2. The smallest absolute Gasteiger partial charge is 0.0751 e. The van der Waals surface area contributed by atoms with Crippen molar-refractivity contribution in [2.75, 3.05) is 0 Å². The molecule has 0 bridgehead atoms. The first-order chi connectivity index (χ1) is 14.9. The Kier molecular flexibility index (Phi) is 12.8. The fourth-order valence-electron chi connectivity index (χ4n) is 4.63. The quantitative estimate of drug-likeness (QED) is 0.320. The van der Waals surface area contributed by atoms with E-state index in [1.54, 1.807) is 6.92 Å². The Labute approximate surface area is 197 Å². The first-order valence-electron chi connectivity index (χ1n) is 12.9. The largest absolute Gasteiger partial charge is 0.550 e. The lowest BCUT2D eigenvalue weighted by Crippen LogP contribution is -2.29. The molecular weight excluding hydrogens is 400 g/mol. The van der Waals surface area contributed by atoms with Gasteiger partial charge in [0.1, 0.15) is 0 Å². The zero-order valence-corrected chi connectivity index (χ0v) is 21.5. The molecule has 0 saturated carbocycles. The number of hydrogen-bond acceptors (Lipinski definition) is 4. The molecule has 1 aliphatic rings. The Morgan fingerprint density at radius 2 is 1.91 bits per heavy atom. The summed E-state index contributed by atoms with van der Waals surface area (Å²) in [6.07, 6.45) is 14.4. The fourth-order valence-corrected chi connectivity index (χ4v) is 4.63. The number of hydrogen-bond donors (Lipinski definition) is 2. The molecule has 1 rings (SSSR count). The van der Waals surface area contributed by atoms with E-state index in [9.17, 15) is 20.1 Å². The Morgan fingerprint density at radius 1 is 1.22 bits per heavy atom. The minimum atomic E-state index is -0.950. The summed E-state index contributed by atoms with van der Waals surface area (Å²) in [5, 5.41) is 31.7. The highest BCUT2D eigenvalue weighted by Gasteiger charge is 2.27. The van der Waals surface area contributed by atoms with E-state index < -0.39 is 11.6 Å². The fraction of sp³-hybridized carbons (Fsp3) is 0.821. The predicted octanol–water partition coefficient (Wildman–Crippen LogP) is 5.57. The molecule has 0 heterocycles. The molecule has 0 fully saturated rings. The topological polar surface area (TPSA) is 80.6 Å². The van der Waals surface area contributed by atoms with Gasteiger partial charge >= 0.3 is 0 Å². The zero-order chi connectivity index (χ0) is 24.3. The summed E-state index contributed by atoms with van der Waals surface area (Å²) in [6.45, 7) is 12.4. The van der Waals surface area contributed by atoms with E-state index in [1.807, 2.05) is 13.0 Å². The van der Waals surface area contributed by atoms with Crippen molar-refractivity contribution in [3.05, 3.63) is 23.3 Å². The molecule has 0 amide bonds. The van der Waals surface area contributed by atoms with Gasteiger partial charge in [0.25, 0.3) is 0 Å². The van der Waals surface area contributed by atoms with Crippen molar-refractivity contribution in [3.63, 3.8) is 0 Å². The van der Waals surface area contributed by atoms with Crippen molar-refractivity contribution >= 4 is 5.97 Å². The Hall–Kier alpha value is -1.13. The Balaban J connectivity index is 2.22. The van der Waals surface area contributed by atoms with Gasteiger partial charge in [0.2, 0.25) is 0 Å². The van der Waals surface area contributed by atoms with Gasteiger partial charge in [-0.3, -0.25) is 0 Å². The van der Waals surface area contributed by atoms with Gasteiger partial charge in [-0.25, -0.2) is 0 Å². The number of carbonyl (C=O) groups is 1. The van der Waals surface area contributed by atoms with Crippen LogP contribution in [-0.2, 0) is 4.79 Å². The molecule has 32 heavy (non-hydrogen) atoms. The minimum absolute atomic E-state index is 0.317. The van der Waals surface area contributed by atoms with E-state index in [-0.39, 0.29) is 12.0 Å². The first-order valence-corrected chi connectivity index (χ1v) is 12.9. The number of allylic oxidation sites excluding steroid dienone is 3. The molecule has 0 radical (unpaired) electrons. The standard InChI is InChI=1S/C28H50O4/c1-20(12-8-14-22(3)27(30)31)10-7-11-21(2)13-9-16-28(6,32)17-15-25-18-23(4)24(5)26(29)19-25/h10,19,21-24,26,29,32H,7-9,11-18H2,1-6H3,(H,30,31)/p-1/b20-10+. The number of aliphatic carboxylic acids is 1. The molecule has 2 N–H and O–H groups in total. The number of aliphatic hydroxyl groups excluding tert-OH is 1. The lowest BCUT2D eigenvalue weighted by atomic mass is 9.78. The third kappa shape index (κ3) is 11.7. The van der Waals surface area contributed by atoms with Crippen LogP contribution in [0.25, 0.3) is 0 Å². The summed E-state index contributed by atoms with van der Waals surface area (Å²) in [5.41, 5.74) is 2.00. The molecule has 6 atom stereocenters. The number of aliphatic hydroxyl groups is 2. The highest BCUT2D eigenvalue weighted by molar-refractivity contribution is 5.66. The van der Waals surface area contributed by atoms with Crippen LogP contribution >= 0.6 is 0 Å². The molecule has 0 aliphatic heterocycles. The van der Waals surface area contributed by atoms with E-state index in [1.165, 1.54) is 11.1 Å². The average Bonchev–Trinajstić information content (AvgIpc) is 2.70. The first kappa shape index (κ1) is 28.9. The summed E-state index contributed by atoms with van der Waals surface area (Å²) < 4.78 is 0. The second-order valence-corrected chi connectivity index (χ2v) is 11.1. The number of carbonyl (C=O) groups excluding carboxylic acids is 1. The molecule has 6 unspecified atom stereocenters. The molecule has 186 valence electrons. The predicted molar refractivity (Wildman–Crippen MR) is 131 cm³/mol. The number of carboxylic acids is 1. The lowest BCUT2D eigenvalue weighted by molar-refractivity contribution is -0.311. The van der Waals surface area contributed by atoms with Crippen LogP contribution in [0.15, 0.2) is 23.3 Å². The van der Waals surface area contributed by atoms with Crippen molar-refractivity contribution in [2.24, 2.45) is 23.7 Å². The van der Waals surface area contributed by atoms with Crippen LogP contribution in [0.4, 0.5) is 0 Å². The third-order valence-corrected chi connectivity index (χ3v) is 7.59. The third-order valence-electron chi connectivity index (χ3n) is 7.59. The van der Waals surface area contributed by atoms with Crippen LogP contribution in [0.5, 0.6) is 0 Å². The van der Waals surface area contributed by atoms with E-state index in [2.05, 4.69) is 33.8 Å². The van der Waals surface area contributed by atoms with Crippen molar-refractivity contribution in [1.29, 1.82) is 0 Å². The molecule has 1 aliphatic carbocycles. The van der Waals surface area contributed by atoms with Crippen molar-refractivity contribution in [1.82, 2.24) is 0 Å². The Bertz CT molecular complexity index is 619. The van der Waals surface area contributed by atoms with Crippen molar-refractivity contribution in [2.45, 2.75) is 124 Å². The molecular formula is C28H49O4-. The van der Waals surface area contributed by atoms with E-state index in [4.69, 9.17) is 0 Å². The maximum atomic E-state index is 10.8. The summed E-state index contributed by atoms with van der Waals surface area (Å²) in [7, 11) is 0. The highest BCUT2D eigenvalue weighted by atomic mass is 16.4. The van der Waals surface area contributed by atoms with Crippen LogP contribution in [0.2, 0.25) is 0 Å². The maximum absolute atomic E-state index is 10.8. The normalized spacial score (nSPS) is 25.7. The van der Waals surface area contributed by atoms with Gasteiger partial charge < -0.3 is 20.1 Å². The van der Waals surface area contributed by atoms with Gasteiger partial charge in [0.05, 0.1) is 11.7 Å². The van der Waals surface area contributed by atoms with E-state index in [0.717, 1.165) is 64.2 Å². The second-order valence-electron chi connectivity index (χ2n) is 11.1. The monoisotopic (exact) mass is 449 g/mol. The van der Waals surface area contributed by atoms with Crippen LogP contribution in [0.1, 0.15) is 112 Å². The van der Waals surface area contributed by atoms with Gasteiger partial charge in [0.15, 0.2) is 0 Å². The van der Waals surface area contributed by atoms with E-state index >= 15 is 0 Å². The van der Waals surface area contributed by atoms with Crippen molar-refractivity contribution < 1.29 is 20.1 Å². The van der Waals surface area contributed by atoms with Crippen LogP contribution in [0, 0.1) is 23.7 Å². The molecule has 0 aromatic heterocycles. The zero-order valence-electron chi connectivity index (χ0n) is 21.5. The maximum Gasteiger partial charge on any atom is 0.0751 e. The molecule has 0 saturated heterocycles. The summed E-state index contributed by atoms with van der Waals surface area (Å²) in [4.78, 5) is 10.8. The summed E-state index contributed by atoms with van der Waals surface area (Å²) >= 11 is 0. The Morgan fingerprint density at radius 3 is 2.53 bits per heavy atom. The highest BCUT2D eigenvalue weighted by Crippen LogP contribution is 2.33. The molecule has 0 aromatic carbocycles. The molecule has 4 nitrogen and oxygen atoms in total. The summed E-state index contributed by atoms with van der Waals surface area (Å²) in [5.74, 6) is 0.134. The van der Waals surface area contributed by atoms with Gasteiger partial charge in [-0.05, 0) is 95.3 Å². The lowest BCUT2D eigenvalue weighted by Gasteiger charge is -2.31. The van der Waals surface area contributed by atoms with Crippen LogP contribution in [-0.4, -0.2) is 27.9 Å². The van der Waals surface area contributed by atoms with Crippen LogP contribution < -0.4 is 5.11 Å². The average molecular weight is 450 g/mol. The van der Waals surface area contributed by atoms with Gasteiger partial charge in [-0.15, -0.1) is 0 Å². The van der Waals surface area contributed by atoms with Crippen molar-refractivity contribution in [3.8, 4) is 0 Å². The minimum Gasteiger partial charge on any atom is -0.550 e. The molecule has 4 heteroatoms. The van der Waals surface area contributed by atoms with Gasteiger partial charge in [0, 0.05) is 5.97 Å². The van der Waals surface area contributed by atoms with E-state index in [0.29, 0.717) is 24.2 Å². The molecule has 0 aromatic rings. The number of rotatable bonds is 15. The number of carboxylic acid groups (broad SMARTS) is 1. The SMILES string of the molecule is C/C(=C\CCC(C)CCCC(C)(O)CCC1=CC(O)C(C)C(C)C1)CCCC(C)C(=O)[O-]. The van der Waals surface area contributed by atoms with Gasteiger partial charge in [-0.2, -0.15) is 0 Å².